The molecule has 3 aromatic carbocycles. The van der Waals surface area contributed by atoms with Gasteiger partial charge in [0, 0.05) is 16.8 Å². The summed E-state index contributed by atoms with van der Waals surface area (Å²) < 4.78 is 11.5. The van der Waals surface area contributed by atoms with Crippen molar-refractivity contribution in [3.05, 3.63) is 90.1 Å². The van der Waals surface area contributed by atoms with E-state index < -0.39 is 0 Å². The summed E-state index contributed by atoms with van der Waals surface area (Å²) in [6, 6.07) is 22.6. The molecule has 5 heteroatoms. The molecule has 4 rings (SSSR count). The Morgan fingerprint density at radius 1 is 1.03 bits per heavy atom. The van der Waals surface area contributed by atoms with Crippen LogP contribution in [0.15, 0.2) is 83.4 Å². The van der Waals surface area contributed by atoms with E-state index in [4.69, 9.17) is 9.15 Å². The molecule has 0 radical (unpaired) electrons. The van der Waals surface area contributed by atoms with Gasteiger partial charge in [0.2, 0.25) is 5.89 Å². The fourth-order valence-corrected chi connectivity index (χ4v) is 3.20. The first-order valence-electron chi connectivity index (χ1n) is 9.80. The average Bonchev–Trinajstić information content (AvgIpc) is 3.25. The van der Waals surface area contributed by atoms with Crippen LogP contribution in [0, 0.1) is 6.92 Å². The Labute approximate surface area is 175 Å². The molecular weight excluding hydrogens is 376 g/mol. The minimum Gasteiger partial charge on any atom is -0.494 e. The lowest BCUT2D eigenvalue weighted by molar-refractivity contribution is 0.102. The number of nitrogens with one attached hydrogen (secondary N) is 1. The highest BCUT2D eigenvalue weighted by Crippen LogP contribution is 2.29. The summed E-state index contributed by atoms with van der Waals surface area (Å²) in [6.07, 6.45) is 1.67. The Hall–Kier alpha value is -3.86. The number of oxazole rings is 1. The van der Waals surface area contributed by atoms with Gasteiger partial charge in [-0.25, -0.2) is 4.98 Å². The summed E-state index contributed by atoms with van der Waals surface area (Å²) in [5, 5.41) is 2.94. The van der Waals surface area contributed by atoms with Crippen molar-refractivity contribution < 1.29 is 13.9 Å². The molecule has 0 saturated heterocycles. The van der Waals surface area contributed by atoms with Crippen LogP contribution in [-0.4, -0.2) is 17.5 Å². The second kappa shape index (κ2) is 8.66. The molecule has 0 fully saturated rings. The van der Waals surface area contributed by atoms with E-state index in [9.17, 15) is 4.79 Å². The van der Waals surface area contributed by atoms with Gasteiger partial charge in [0.1, 0.15) is 5.75 Å². The number of hydrogen-bond acceptors (Lipinski definition) is 4. The van der Waals surface area contributed by atoms with Crippen molar-refractivity contribution in [1.82, 2.24) is 4.98 Å². The van der Waals surface area contributed by atoms with Crippen LogP contribution in [0.2, 0.25) is 0 Å². The van der Waals surface area contributed by atoms with Crippen LogP contribution in [0.25, 0.3) is 22.8 Å². The zero-order valence-corrected chi connectivity index (χ0v) is 16.9. The number of carbonyl (C=O) groups excluding carboxylic acids is 1. The molecule has 1 amide bonds. The van der Waals surface area contributed by atoms with Gasteiger partial charge in [-0.05, 0) is 67.9 Å². The molecular formula is C25H22N2O3. The maximum absolute atomic E-state index is 12.9. The number of amides is 1. The highest BCUT2D eigenvalue weighted by Gasteiger charge is 2.17. The van der Waals surface area contributed by atoms with E-state index in [1.165, 1.54) is 0 Å². The van der Waals surface area contributed by atoms with Crippen molar-refractivity contribution >= 4 is 11.6 Å². The maximum Gasteiger partial charge on any atom is 0.256 e. The highest BCUT2D eigenvalue weighted by atomic mass is 16.5. The molecule has 0 atom stereocenters. The van der Waals surface area contributed by atoms with Crippen LogP contribution in [0.3, 0.4) is 0 Å². The quantitative estimate of drug-likeness (QED) is 0.435. The van der Waals surface area contributed by atoms with E-state index in [0.717, 1.165) is 22.6 Å². The number of hydrogen-bond donors (Lipinski definition) is 1. The van der Waals surface area contributed by atoms with Crippen molar-refractivity contribution in [2.75, 3.05) is 11.9 Å². The van der Waals surface area contributed by atoms with E-state index in [2.05, 4.69) is 10.3 Å². The Morgan fingerprint density at radius 3 is 2.60 bits per heavy atom. The molecule has 0 aliphatic rings. The fourth-order valence-electron chi connectivity index (χ4n) is 3.20. The molecule has 1 N–H and O–H groups in total. The van der Waals surface area contributed by atoms with Crippen molar-refractivity contribution in [2.24, 2.45) is 0 Å². The standard InChI is InChI=1S/C25H22N2O3/c1-3-29-20-13-11-18(12-14-20)23-16-26-25(30-23)22-10-5-4-9-21(22)24(28)27-19-8-6-7-17(2)15-19/h4-16H,3H2,1-2H3,(H,27,28). The van der Waals surface area contributed by atoms with Crippen molar-refractivity contribution in [2.45, 2.75) is 13.8 Å². The van der Waals surface area contributed by atoms with Gasteiger partial charge in [-0.15, -0.1) is 0 Å². The predicted octanol–water partition coefficient (Wildman–Crippen LogP) is 5.97. The van der Waals surface area contributed by atoms with Gasteiger partial charge in [0.05, 0.1) is 18.4 Å². The molecule has 150 valence electrons. The molecule has 0 unspecified atom stereocenters. The van der Waals surface area contributed by atoms with Crippen LogP contribution in [0.4, 0.5) is 5.69 Å². The van der Waals surface area contributed by atoms with Crippen molar-refractivity contribution in [1.29, 1.82) is 0 Å². The summed E-state index contributed by atoms with van der Waals surface area (Å²) in [6.45, 7) is 4.55. The third-order valence-corrected chi connectivity index (χ3v) is 4.63. The van der Waals surface area contributed by atoms with Gasteiger partial charge in [-0.3, -0.25) is 4.79 Å². The number of aryl methyl sites for hydroxylation is 1. The Bertz CT molecular complexity index is 1160. The topological polar surface area (TPSA) is 64.4 Å². The van der Waals surface area contributed by atoms with E-state index >= 15 is 0 Å². The monoisotopic (exact) mass is 398 g/mol. The van der Waals surface area contributed by atoms with Crippen LogP contribution in [0.5, 0.6) is 5.75 Å². The number of anilines is 1. The van der Waals surface area contributed by atoms with E-state index in [1.807, 2.05) is 80.6 Å². The van der Waals surface area contributed by atoms with Crippen LogP contribution in [-0.2, 0) is 0 Å². The second-order valence-electron chi connectivity index (χ2n) is 6.86. The van der Waals surface area contributed by atoms with Crippen LogP contribution in [0.1, 0.15) is 22.8 Å². The lowest BCUT2D eigenvalue weighted by Crippen LogP contribution is -2.13. The third-order valence-electron chi connectivity index (χ3n) is 4.63. The zero-order chi connectivity index (χ0) is 20.9. The van der Waals surface area contributed by atoms with Crippen LogP contribution < -0.4 is 10.1 Å². The van der Waals surface area contributed by atoms with Gasteiger partial charge in [0.25, 0.3) is 5.91 Å². The predicted molar refractivity (Wildman–Crippen MR) is 118 cm³/mol. The molecule has 0 spiro atoms. The third kappa shape index (κ3) is 4.25. The summed E-state index contributed by atoms with van der Waals surface area (Å²) in [5.74, 6) is 1.62. The van der Waals surface area contributed by atoms with E-state index in [0.29, 0.717) is 29.4 Å². The molecule has 1 heterocycles. The molecule has 30 heavy (non-hydrogen) atoms. The molecule has 0 bridgehead atoms. The minimum absolute atomic E-state index is 0.211. The van der Waals surface area contributed by atoms with Gasteiger partial charge < -0.3 is 14.5 Å². The molecule has 5 nitrogen and oxygen atoms in total. The number of aromatic nitrogens is 1. The number of rotatable bonds is 6. The molecule has 1 aromatic heterocycles. The van der Waals surface area contributed by atoms with Crippen molar-refractivity contribution in [3.8, 4) is 28.5 Å². The van der Waals surface area contributed by atoms with Gasteiger partial charge in [0.15, 0.2) is 5.76 Å². The van der Waals surface area contributed by atoms with Crippen molar-refractivity contribution in [3.63, 3.8) is 0 Å². The first-order chi connectivity index (χ1) is 14.6. The number of ether oxygens (including phenoxy) is 1. The minimum atomic E-state index is -0.211. The lowest BCUT2D eigenvalue weighted by Gasteiger charge is -2.09. The van der Waals surface area contributed by atoms with Crippen LogP contribution >= 0.6 is 0 Å². The smallest absolute Gasteiger partial charge is 0.256 e. The zero-order valence-electron chi connectivity index (χ0n) is 16.9. The van der Waals surface area contributed by atoms with Gasteiger partial charge >= 0.3 is 0 Å². The Morgan fingerprint density at radius 2 is 1.83 bits per heavy atom. The van der Waals surface area contributed by atoms with Gasteiger partial charge in [-0.1, -0.05) is 24.3 Å². The molecule has 0 aliphatic carbocycles. The Kier molecular flexibility index (Phi) is 5.61. The number of nitrogens with zero attached hydrogens (tertiary/aromatic N) is 1. The fraction of sp³-hybridized carbons (Fsp3) is 0.120. The second-order valence-corrected chi connectivity index (χ2v) is 6.86. The molecule has 0 aliphatic heterocycles. The summed E-state index contributed by atoms with van der Waals surface area (Å²) in [4.78, 5) is 17.3. The first kappa shape index (κ1) is 19.5. The van der Waals surface area contributed by atoms with E-state index in [-0.39, 0.29) is 5.91 Å². The Balaban J connectivity index is 1.60. The number of carbonyl (C=O) groups is 1. The largest absolute Gasteiger partial charge is 0.494 e. The number of benzene rings is 3. The highest BCUT2D eigenvalue weighted by molar-refractivity contribution is 6.08. The molecule has 0 saturated carbocycles. The summed E-state index contributed by atoms with van der Waals surface area (Å²) in [7, 11) is 0. The average molecular weight is 398 g/mol. The SMILES string of the molecule is CCOc1ccc(-c2cnc(-c3ccccc3C(=O)Nc3cccc(C)c3)o2)cc1. The normalized spacial score (nSPS) is 10.6. The van der Waals surface area contributed by atoms with E-state index in [1.54, 1.807) is 12.3 Å². The summed E-state index contributed by atoms with van der Waals surface area (Å²) >= 11 is 0. The maximum atomic E-state index is 12.9. The first-order valence-corrected chi connectivity index (χ1v) is 9.80. The molecule has 4 aromatic rings. The summed E-state index contributed by atoms with van der Waals surface area (Å²) in [5.41, 5.74) is 3.85. The van der Waals surface area contributed by atoms with Gasteiger partial charge in [-0.2, -0.15) is 0 Å². The lowest BCUT2D eigenvalue weighted by atomic mass is 10.1.